The Kier molecular flexibility index (Phi) is 6.10. The van der Waals surface area contributed by atoms with E-state index >= 15 is 0 Å². The Labute approximate surface area is 125 Å². The first-order valence-electron chi connectivity index (χ1n) is 6.10. The van der Waals surface area contributed by atoms with Gasteiger partial charge in [0.15, 0.2) is 6.10 Å². The number of esters is 1. The molecule has 0 radical (unpaired) electrons. The van der Waals surface area contributed by atoms with Crippen LogP contribution in [0, 0.1) is 5.82 Å². The molecule has 1 aromatic rings. The zero-order chi connectivity index (χ0) is 16.0. The Morgan fingerprint density at radius 3 is 2.62 bits per heavy atom. The summed E-state index contributed by atoms with van der Waals surface area (Å²) in [5.41, 5.74) is -0.461. The number of nitrogens with one attached hydrogen (secondary N) is 2. The van der Waals surface area contributed by atoms with E-state index in [9.17, 15) is 18.8 Å². The van der Waals surface area contributed by atoms with E-state index in [-0.39, 0.29) is 5.02 Å². The van der Waals surface area contributed by atoms with Gasteiger partial charge in [0.05, 0.1) is 5.02 Å². The summed E-state index contributed by atoms with van der Waals surface area (Å²) in [6, 6.07) is 2.98. The van der Waals surface area contributed by atoms with Crippen molar-refractivity contribution in [3.63, 3.8) is 0 Å². The van der Waals surface area contributed by atoms with Crippen LogP contribution in [0.3, 0.4) is 0 Å². The highest BCUT2D eigenvalue weighted by atomic mass is 35.5. The van der Waals surface area contributed by atoms with Crippen molar-refractivity contribution in [1.29, 1.82) is 0 Å². The van der Waals surface area contributed by atoms with Gasteiger partial charge in [-0.25, -0.2) is 14.0 Å². The first-order valence-corrected chi connectivity index (χ1v) is 6.48. The number of amides is 3. The molecular weight excluding hydrogens is 303 g/mol. The lowest BCUT2D eigenvalue weighted by molar-refractivity contribution is -0.127. The van der Waals surface area contributed by atoms with Gasteiger partial charge < -0.3 is 10.1 Å². The monoisotopic (exact) mass is 316 g/mol. The van der Waals surface area contributed by atoms with Crippen molar-refractivity contribution in [2.75, 3.05) is 6.54 Å². The van der Waals surface area contributed by atoms with E-state index in [1.165, 1.54) is 19.1 Å². The molecule has 3 amide bonds. The molecule has 0 spiro atoms. The summed E-state index contributed by atoms with van der Waals surface area (Å²) in [4.78, 5) is 34.5. The van der Waals surface area contributed by atoms with Crippen molar-refractivity contribution in [3.8, 4) is 0 Å². The molecule has 0 saturated heterocycles. The molecule has 0 aliphatic carbocycles. The molecule has 1 rings (SSSR count). The minimum absolute atomic E-state index is 0.128. The predicted octanol–water partition coefficient (Wildman–Crippen LogP) is 1.87. The number of urea groups is 1. The molecule has 0 fully saturated rings. The molecule has 0 heterocycles. The summed E-state index contributed by atoms with van der Waals surface area (Å²) < 4.78 is 18.3. The van der Waals surface area contributed by atoms with Gasteiger partial charge in [0.1, 0.15) is 11.4 Å². The van der Waals surface area contributed by atoms with Gasteiger partial charge in [-0.3, -0.25) is 10.1 Å². The lowest BCUT2D eigenvalue weighted by Gasteiger charge is -2.13. The summed E-state index contributed by atoms with van der Waals surface area (Å²) in [6.45, 7) is 3.26. The van der Waals surface area contributed by atoms with Crippen molar-refractivity contribution in [2.45, 2.75) is 20.0 Å². The van der Waals surface area contributed by atoms with E-state index in [0.29, 0.717) is 6.54 Å². The van der Waals surface area contributed by atoms with E-state index in [1.807, 2.05) is 5.32 Å². The quantitative estimate of drug-likeness (QED) is 0.831. The molecule has 21 heavy (non-hydrogen) atoms. The fraction of sp³-hybridized carbons (Fsp3) is 0.308. The maximum absolute atomic E-state index is 13.5. The maximum Gasteiger partial charge on any atom is 0.343 e. The number of halogens is 2. The summed E-state index contributed by atoms with van der Waals surface area (Å²) in [6.07, 6.45) is -1.28. The largest absolute Gasteiger partial charge is 0.449 e. The fourth-order valence-electron chi connectivity index (χ4n) is 1.38. The van der Waals surface area contributed by atoms with Crippen LogP contribution in [0.2, 0.25) is 5.02 Å². The molecule has 6 nitrogen and oxygen atoms in total. The lowest BCUT2D eigenvalue weighted by atomic mass is 10.2. The number of imide groups is 1. The second-order valence-electron chi connectivity index (χ2n) is 3.99. The second kappa shape index (κ2) is 7.58. The van der Waals surface area contributed by atoms with Gasteiger partial charge in [0.2, 0.25) is 0 Å². The van der Waals surface area contributed by atoms with E-state index in [2.05, 4.69) is 5.32 Å². The van der Waals surface area contributed by atoms with Crippen LogP contribution in [0.15, 0.2) is 18.2 Å². The standard InChI is InChI=1S/C13H14ClFN2O4/c1-3-16-13(20)17-11(18)7(2)21-12(19)10-8(14)5-4-6-9(10)15/h4-7H,3H2,1-2H3,(H2,16,17,18,20). The molecule has 1 unspecified atom stereocenters. The fourth-order valence-corrected chi connectivity index (χ4v) is 1.62. The number of carbonyl (C=O) groups excluding carboxylic acids is 3. The maximum atomic E-state index is 13.5. The molecule has 0 aliphatic rings. The highest BCUT2D eigenvalue weighted by Crippen LogP contribution is 2.20. The van der Waals surface area contributed by atoms with Crippen LogP contribution in [0.4, 0.5) is 9.18 Å². The zero-order valence-electron chi connectivity index (χ0n) is 11.4. The molecule has 2 N–H and O–H groups in total. The third-order valence-electron chi connectivity index (χ3n) is 2.39. The minimum atomic E-state index is -1.28. The third kappa shape index (κ3) is 4.71. The van der Waals surface area contributed by atoms with Crippen molar-refractivity contribution in [3.05, 3.63) is 34.6 Å². The highest BCUT2D eigenvalue weighted by Gasteiger charge is 2.24. The number of ether oxygens (including phenoxy) is 1. The summed E-state index contributed by atoms with van der Waals surface area (Å²) in [5, 5.41) is 4.19. The molecule has 0 aliphatic heterocycles. The average molecular weight is 317 g/mol. The third-order valence-corrected chi connectivity index (χ3v) is 2.71. The summed E-state index contributed by atoms with van der Waals surface area (Å²) in [5.74, 6) is -2.78. The van der Waals surface area contributed by atoms with Gasteiger partial charge in [-0.1, -0.05) is 17.7 Å². The molecular formula is C13H14ClFN2O4. The number of hydrogen-bond acceptors (Lipinski definition) is 4. The Morgan fingerprint density at radius 2 is 2.05 bits per heavy atom. The van der Waals surface area contributed by atoms with Crippen LogP contribution in [-0.4, -0.2) is 30.6 Å². The Bertz CT molecular complexity index is 545. The normalized spacial score (nSPS) is 11.4. The number of carbonyl (C=O) groups is 3. The molecule has 0 bridgehead atoms. The smallest absolute Gasteiger partial charge is 0.343 e. The molecule has 1 atom stereocenters. The minimum Gasteiger partial charge on any atom is -0.449 e. The van der Waals surface area contributed by atoms with Crippen molar-refractivity contribution in [2.24, 2.45) is 0 Å². The SMILES string of the molecule is CCNC(=O)NC(=O)C(C)OC(=O)c1c(F)cccc1Cl. The van der Waals surface area contributed by atoms with Crippen LogP contribution in [-0.2, 0) is 9.53 Å². The first-order chi connectivity index (χ1) is 9.86. The molecule has 0 saturated carbocycles. The van der Waals surface area contributed by atoms with Gasteiger partial charge in [-0.15, -0.1) is 0 Å². The zero-order valence-corrected chi connectivity index (χ0v) is 12.2. The van der Waals surface area contributed by atoms with Crippen LogP contribution >= 0.6 is 11.6 Å². The van der Waals surface area contributed by atoms with Crippen LogP contribution in [0.1, 0.15) is 24.2 Å². The van der Waals surface area contributed by atoms with E-state index in [0.717, 1.165) is 6.07 Å². The van der Waals surface area contributed by atoms with Crippen molar-refractivity contribution >= 4 is 29.5 Å². The Hall–Kier alpha value is -2.15. The van der Waals surface area contributed by atoms with Crippen LogP contribution < -0.4 is 10.6 Å². The predicted molar refractivity (Wildman–Crippen MR) is 73.5 cm³/mol. The van der Waals surface area contributed by atoms with Crippen LogP contribution in [0.5, 0.6) is 0 Å². The number of benzene rings is 1. The summed E-state index contributed by atoms with van der Waals surface area (Å²) in [7, 11) is 0. The number of hydrogen-bond donors (Lipinski definition) is 2. The Morgan fingerprint density at radius 1 is 1.38 bits per heavy atom. The topological polar surface area (TPSA) is 84.5 Å². The van der Waals surface area contributed by atoms with Crippen molar-refractivity contribution < 1.29 is 23.5 Å². The first kappa shape index (κ1) is 16.9. The van der Waals surface area contributed by atoms with E-state index < -0.39 is 35.4 Å². The lowest BCUT2D eigenvalue weighted by Crippen LogP contribution is -2.44. The molecule has 114 valence electrons. The van der Waals surface area contributed by atoms with E-state index in [1.54, 1.807) is 6.92 Å². The average Bonchev–Trinajstić information content (AvgIpc) is 2.38. The molecule has 1 aromatic carbocycles. The van der Waals surface area contributed by atoms with E-state index in [4.69, 9.17) is 16.3 Å². The van der Waals surface area contributed by atoms with Gasteiger partial charge >= 0.3 is 12.0 Å². The molecule has 8 heteroatoms. The van der Waals surface area contributed by atoms with Crippen molar-refractivity contribution in [1.82, 2.24) is 10.6 Å². The highest BCUT2D eigenvalue weighted by molar-refractivity contribution is 6.33. The number of rotatable bonds is 4. The second-order valence-corrected chi connectivity index (χ2v) is 4.40. The Balaban J connectivity index is 2.70. The van der Waals surface area contributed by atoms with Gasteiger partial charge in [-0.05, 0) is 26.0 Å². The van der Waals surface area contributed by atoms with Gasteiger partial charge in [0, 0.05) is 6.54 Å². The molecule has 0 aromatic heterocycles. The van der Waals surface area contributed by atoms with Gasteiger partial charge in [-0.2, -0.15) is 0 Å². The van der Waals surface area contributed by atoms with Crippen LogP contribution in [0.25, 0.3) is 0 Å². The van der Waals surface area contributed by atoms with Gasteiger partial charge in [0.25, 0.3) is 5.91 Å². The summed E-state index contributed by atoms with van der Waals surface area (Å²) >= 11 is 5.71.